The summed E-state index contributed by atoms with van der Waals surface area (Å²) in [6.07, 6.45) is 4.97. The molecule has 0 aliphatic heterocycles. The maximum absolute atomic E-state index is 5.74. The highest BCUT2D eigenvalue weighted by Crippen LogP contribution is 2.22. The third kappa shape index (κ3) is 4.44. The van der Waals surface area contributed by atoms with E-state index in [0.717, 1.165) is 18.8 Å². The summed E-state index contributed by atoms with van der Waals surface area (Å²) in [5.74, 6) is 0.961. The number of ether oxygens (including phenoxy) is 1. The molecule has 0 spiro atoms. The fraction of sp³-hybridized carbons (Fsp3) is 0.333. The summed E-state index contributed by atoms with van der Waals surface area (Å²) in [6, 6.07) is 19.4. The largest absolute Gasteiger partial charge is 0.494 e. The van der Waals surface area contributed by atoms with E-state index in [4.69, 9.17) is 4.74 Å². The minimum absolute atomic E-state index is 0.819. The van der Waals surface area contributed by atoms with E-state index < -0.39 is 0 Å². The fourth-order valence-corrected chi connectivity index (χ4v) is 2.04. The molecule has 2 aromatic rings. The number of benzene rings is 2. The first kappa shape index (κ1) is 13.7. The second-order valence-electron chi connectivity index (χ2n) is 4.72. The zero-order valence-corrected chi connectivity index (χ0v) is 11.6. The van der Waals surface area contributed by atoms with Gasteiger partial charge in [-0.15, -0.1) is 0 Å². The van der Waals surface area contributed by atoms with E-state index in [2.05, 4.69) is 37.3 Å². The predicted molar refractivity (Wildman–Crippen MR) is 80.4 cm³/mol. The molecule has 0 saturated carbocycles. The molecule has 2 rings (SSSR count). The lowest BCUT2D eigenvalue weighted by Gasteiger charge is -2.07. The molecule has 19 heavy (non-hydrogen) atoms. The van der Waals surface area contributed by atoms with Crippen molar-refractivity contribution in [1.29, 1.82) is 0 Å². The predicted octanol–water partition coefficient (Wildman–Crippen LogP) is 5.11. The lowest BCUT2D eigenvalue weighted by Crippen LogP contribution is -1.96. The lowest BCUT2D eigenvalue weighted by atomic mass is 10.1. The average Bonchev–Trinajstić information content (AvgIpc) is 2.49. The number of hydrogen-bond donors (Lipinski definition) is 0. The summed E-state index contributed by atoms with van der Waals surface area (Å²) in [4.78, 5) is 0. The molecule has 0 heterocycles. The molecule has 1 nitrogen and oxygen atoms in total. The highest BCUT2D eigenvalue weighted by molar-refractivity contribution is 5.63. The molecule has 0 unspecified atom stereocenters. The minimum Gasteiger partial charge on any atom is -0.494 e. The molecular weight excluding hydrogens is 232 g/mol. The third-order valence-corrected chi connectivity index (χ3v) is 3.17. The Bertz CT molecular complexity index is 459. The van der Waals surface area contributed by atoms with Crippen LogP contribution in [0.25, 0.3) is 11.1 Å². The Morgan fingerprint density at radius 3 is 2.21 bits per heavy atom. The Morgan fingerprint density at radius 2 is 1.53 bits per heavy atom. The van der Waals surface area contributed by atoms with E-state index in [9.17, 15) is 0 Å². The molecule has 0 aromatic heterocycles. The summed E-state index contributed by atoms with van der Waals surface area (Å²) in [5.41, 5.74) is 2.43. The van der Waals surface area contributed by atoms with Gasteiger partial charge in [-0.3, -0.25) is 0 Å². The van der Waals surface area contributed by atoms with Crippen molar-refractivity contribution < 1.29 is 4.74 Å². The van der Waals surface area contributed by atoms with Gasteiger partial charge in [0, 0.05) is 0 Å². The molecule has 0 saturated heterocycles. The van der Waals surface area contributed by atoms with Crippen LogP contribution in [0.4, 0.5) is 0 Å². The molecule has 0 aliphatic rings. The minimum atomic E-state index is 0.819. The Hall–Kier alpha value is -1.76. The molecular formula is C18H21O. The van der Waals surface area contributed by atoms with Crippen molar-refractivity contribution in [3.63, 3.8) is 0 Å². The van der Waals surface area contributed by atoms with Crippen molar-refractivity contribution in [2.75, 3.05) is 6.61 Å². The van der Waals surface area contributed by atoms with Gasteiger partial charge in [0.2, 0.25) is 0 Å². The van der Waals surface area contributed by atoms with E-state index >= 15 is 0 Å². The van der Waals surface area contributed by atoms with Crippen molar-refractivity contribution in [3.8, 4) is 16.9 Å². The van der Waals surface area contributed by atoms with Gasteiger partial charge in [0.1, 0.15) is 5.75 Å². The molecule has 2 aromatic carbocycles. The van der Waals surface area contributed by atoms with E-state index in [0.29, 0.717) is 0 Å². The lowest BCUT2D eigenvalue weighted by molar-refractivity contribution is 0.305. The van der Waals surface area contributed by atoms with E-state index in [1.165, 1.54) is 30.4 Å². The maximum Gasteiger partial charge on any atom is 0.119 e. The number of hydrogen-bond acceptors (Lipinski definition) is 1. The fourth-order valence-electron chi connectivity index (χ4n) is 2.04. The molecule has 0 aliphatic carbocycles. The average molecular weight is 253 g/mol. The van der Waals surface area contributed by atoms with Crippen LogP contribution >= 0.6 is 0 Å². The van der Waals surface area contributed by atoms with Crippen molar-refractivity contribution in [2.24, 2.45) is 0 Å². The first-order valence-corrected chi connectivity index (χ1v) is 7.09. The SMILES string of the molecule is CCCCCCOc1ccc(-c2cc[c]cc2)cc1. The Kier molecular flexibility index (Phi) is 5.49. The van der Waals surface area contributed by atoms with Gasteiger partial charge in [-0.25, -0.2) is 0 Å². The van der Waals surface area contributed by atoms with Crippen LogP contribution in [0, 0.1) is 6.07 Å². The van der Waals surface area contributed by atoms with E-state index in [1.54, 1.807) is 0 Å². The first-order chi connectivity index (χ1) is 9.40. The maximum atomic E-state index is 5.74. The summed E-state index contributed by atoms with van der Waals surface area (Å²) in [7, 11) is 0. The van der Waals surface area contributed by atoms with Crippen LogP contribution in [0.5, 0.6) is 5.75 Å². The second kappa shape index (κ2) is 7.63. The van der Waals surface area contributed by atoms with Crippen LogP contribution < -0.4 is 4.74 Å². The van der Waals surface area contributed by atoms with Crippen LogP contribution in [-0.2, 0) is 0 Å². The van der Waals surface area contributed by atoms with Crippen molar-refractivity contribution >= 4 is 0 Å². The molecule has 1 heteroatoms. The van der Waals surface area contributed by atoms with Crippen LogP contribution in [0.1, 0.15) is 32.6 Å². The quantitative estimate of drug-likeness (QED) is 0.623. The van der Waals surface area contributed by atoms with Gasteiger partial charge in [-0.05, 0) is 35.7 Å². The standard InChI is InChI=1S/C18H21O/c1-2-3-4-8-15-19-18-13-11-17(12-14-18)16-9-6-5-7-10-16/h6-7,9-14H,2-4,8,15H2,1H3. The van der Waals surface area contributed by atoms with Gasteiger partial charge in [0.15, 0.2) is 0 Å². The molecule has 0 atom stereocenters. The molecule has 0 bridgehead atoms. The Labute approximate surface area is 116 Å². The monoisotopic (exact) mass is 253 g/mol. The van der Waals surface area contributed by atoms with Gasteiger partial charge in [0.05, 0.1) is 6.61 Å². The topological polar surface area (TPSA) is 9.23 Å². The number of rotatable bonds is 7. The molecule has 0 N–H and O–H groups in total. The first-order valence-electron chi connectivity index (χ1n) is 7.09. The van der Waals surface area contributed by atoms with Crippen LogP contribution in [0.3, 0.4) is 0 Å². The van der Waals surface area contributed by atoms with Gasteiger partial charge in [-0.2, -0.15) is 0 Å². The Balaban J connectivity index is 1.85. The van der Waals surface area contributed by atoms with Crippen molar-refractivity contribution in [1.82, 2.24) is 0 Å². The van der Waals surface area contributed by atoms with Gasteiger partial charge >= 0.3 is 0 Å². The van der Waals surface area contributed by atoms with E-state index in [-0.39, 0.29) is 0 Å². The number of unbranched alkanes of at least 4 members (excludes halogenated alkanes) is 3. The zero-order chi connectivity index (χ0) is 13.3. The molecule has 1 radical (unpaired) electrons. The second-order valence-corrected chi connectivity index (χ2v) is 4.72. The molecule has 0 fully saturated rings. The highest BCUT2D eigenvalue weighted by Gasteiger charge is 1.98. The summed E-state index contributed by atoms with van der Waals surface area (Å²) < 4.78 is 5.74. The van der Waals surface area contributed by atoms with Gasteiger partial charge < -0.3 is 4.74 Å². The summed E-state index contributed by atoms with van der Waals surface area (Å²) in [6.45, 7) is 3.04. The molecule has 0 amide bonds. The normalized spacial score (nSPS) is 10.4. The van der Waals surface area contributed by atoms with Gasteiger partial charge in [-0.1, -0.05) is 62.6 Å². The van der Waals surface area contributed by atoms with Crippen molar-refractivity contribution in [3.05, 3.63) is 54.6 Å². The van der Waals surface area contributed by atoms with Crippen LogP contribution in [-0.4, -0.2) is 6.61 Å². The van der Waals surface area contributed by atoms with Gasteiger partial charge in [0.25, 0.3) is 0 Å². The summed E-state index contributed by atoms with van der Waals surface area (Å²) in [5, 5.41) is 0. The highest BCUT2D eigenvalue weighted by atomic mass is 16.5. The Morgan fingerprint density at radius 1 is 0.842 bits per heavy atom. The summed E-state index contributed by atoms with van der Waals surface area (Å²) >= 11 is 0. The zero-order valence-electron chi connectivity index (χ0n) is 11.6. The smallest absolute Gasteiger partial charge is 0.119 e. The van der Waals surface area contributed by atoms with Crippen LogP contribution in [0.15, 0.2) is 48.5 Å². The molecule has 99 valence electrons. The third-order valence-electron chi connectivity index (χ3n) is 3.17. The van der Waals surface area contributed by atoms with Crippen molar-refractivity contribution in [2.45, 2.75) is 32.6 Å². The van der Waals surface area contributed by atoms with E-state index in [1.807, 2.05) is 24.3 Å². The van der Waals surface area contributed by atoms with Crippen LogP contribution in [0.2, 0.25) is 0 Å².